The molecule has 0 saturated carbocycles. The first-order chi connectivity index (χ1) is 9.11. The zero-order valence-electron chi connectivity index (χ0n) is 11.4. The van der Waals surface area contributed by atoms with E-state index in [2.05, 4.69) is 15.3 Å². The molecule has 0 aliphatic carbocycles. The first kappa shape index (κ1) is 13.3. The van der Waals surface area contributed by atoms with E-state index < -0.39 is 0 Å². The summed E-state index contributed by atoms with van der Waals surface area (Å²) in [4.78, 5) is 22.2. The van der Waals surface area contributed by atoms with Crippen LogP contribution in [-0.2, 0) is 4.79 Å². The number of para-hydroxylation sites is 1. The van der Waals surface area contributed by atoms with E-state index in [9.17, 15) is 4.79 Å². The molecule has 0 radical (unpaired) electrons. The summed E-state index contributed by atoms with van der Waals surface area (Å²) in [7, 11) is 1.78. The predicted octanol–water partition coefficient (Wildman–Crippen LogP) is 1.91. The van der Waals surface area contributed by atoms with Crippen LogP contribution in [0.1, 0.15) is 13.8 Å². The normalized spacial score (nSPS) is 12.2. The third-order valence-electron chi connectivity index (χ3n) is 3.06. The highest BCUT2D eigenvalue weighted by Gasteiger charge is 2.16. The minimum absolute atomic E-state index is 0.0271. The highest BCUT2D eigenvalue weighted by atomic mass is 16.2. The van der Waals surface area contributed by atoms with Crippen molar-refractivity contribution < 1.29 is 4.79 Å². The summed E-state index contributed by atoms with van der Waals surface area (Å²) in [6.07, 6.45) is 1.76. The molecule has 2 aromatic rings. The van der Waals surface area contributed by atoms with E-state index in [1.807, 2.05) is 38.1 Å². The van der Waals surface area contributed by atoms with Crippen LogP contribution in [0.2, 0.25) is 0 Å². The minimum atomic E-state index is -0.342. The van der Waals surface area contributed by atoms with Crippen molar-refractivity contribution in [3.63, 3.8) is 0 Å². The number of anilines is 1. The van der Waals surface area contributed by atoms with Crippen LogP contribution in [0.3, 0.4) is 0 Å². The Kier molecular flexibility index (Phi) is 3.94. The molecule has 0 saturated heterocycles. The van der Waals surface area contributed by atoms with Gasteiger partial charge in [0.1, 0.15) is 6.04 Å². The molecule has 0 spiro atoms. The molecular weight excluding hydrogens is 240 g/mol. The average molecular weight is 258 g/mol. The van der Waals surface area contributed by atoms with Crippen LogP contribution in [0.25, 0.3) is 10.9 Å². The van der Waals surface area contributed by atoms with Crippen LogP contribution in [-0.4, -0.2) is 40.4 Å². The monoisotopic (exact) mass is 258 g/mol. The van der Waals surface area contributed by atoms with Gasteiger partial charge in [0, 0.05) is 25.2 Å². The summed E-state index contributed by atoms with van der Waals surface area (Å²) in [6, 6.07) is 7.41. The summed E-state index contributed by atoms with van der Waals surface area (Å²) in [5, 5.41) is 4.02. The van der Waals surface area contributed by atoms with Gasteiger partial charge in [0.2, 0.25) is 11.9 Å². The van der Waals surface area contributed by atoms with Crippen LogP contribution in [0.4, 0.5) is 5.95 Å². The number of carbonyl (C=O) groups is 1. The van der Waals surface area contributed by atoms with Gasteiger partial charge in [-0.05, 0) is 19.9 Å². The topological polar surface area (TPSA) is 58.1 Å². The highest BCUT2D eigenvalue weighted by molar-refractivity contribution is 5.84. The fourth-order valence-electron chi connectivity index (χ4n) is 1.78. The second kappa shape index (κ2) is 5.65. The van der Waals surface area contributed by atoms with E-state index in [4.69, 9.17) is 0 Å². The minimum Gasteiger partial charge on any atom is -0.344 e. The van der Waals surface area contributed by atoms with Crippen LogP contribution in [0.5, 0.6) is 0 Å². The van der Waals surface area contributed by atoms with Gasteiger partial charge in [-0.15, -0.1) is 0 Å². The van der Waals surface area contributed by atoms with Crippen molar-refractivity contribution in [2.45, 2.75) is 19.9 Å². The smallest absolute Gasteiger partial charge is 0.244 e. The number of nitrogens with one attached hydrogen (secondary N) is 1. The molecule has 0 aliphatic heterocycles. The summed E-state index contributed by atoms with van der Waals surface area (Å²) >= 11 is 0. The lowest BCUT2D eigenvalue weighted by molar-refractivity contribution is -0.130. The number of aromatic nitrogens is 2. The number of rotatable bonds is 4. The molecule has 5 heteroatoms. The molecule has 1 aromatic carbocycles. The van der Waals surface area contributed by atoms with Crippen molar-refractivity contribution in [2.75, 3.05) is 18.9 Å². The molecule has 100 valence electrons. The van der Waals surface area contributed by atoms with Crippen molar-refractivity contribution in [2.24, 2.45) is 0 Å². The Bertz CT molecular complexity index is 584. The SMILES string of the molecule is CCN(C)C(=O)C(C)Nc1ncc2ccccc2n1. The van der Waals surface area contributed by atoms with Gasteiger partial charge in [0.25, 0.3) is 0 Å². The first-order valence-corrected chi connectivity index (χ1v) is 6.35. The van der Waals surface area contributed by atoms with Gasteiger partial charge < -0.3 is 10.2 Å². The Labute approximate surface area is 112 Å². The molecule has 1 aromatic heterocycles. The molecule has 2 rings (SSSR count). The van der Waals surface area contributed by atoms with Crippen LogP contribution in [0, 0.1) is 0 Å². The Morgan fingerprint density at radius 1 is 1.42 bits per heavy atom. The fraction of sp³-hybridized carbons (Fsp3) is 0.357. The second-order valence-electron chi connectivity index (χ2n) is 4.47. The van der Waals surface area contributed by atoms with Gasteiger partial charge in [0.05, 0.1) is 5.52 Å². The molecule has 0 bridgehead atoms. The zero-order valence-corrected chi connectivity index (χ0v) is 11.4. The Morgan fingerprint density at radius 3 is 2.89 bits per heavy atom. The number of nitrogens with zero attached hydrogens (tertiary/aromatic N) is 3. The molecule has 1 amide bonds. The highest BCUT2D eigenvalue weighted by Crippen LogP contribution is 2.12. The average Bonchev–Trinajstić information content (AvgIpc) is 2.45. The number of amides is 1. The number of hydrogen-bond donors (Lipinski definition) is 1. The van der Waals surface area contributed by atoms with Crippen LogP contribution in [0.15, 0.2) is 30.5 Å². The van der Waals surface area contributed by atoms with Gasteiger partial charge in [-0.2, -0.15) is 0 Å². The van der Waals surface area contributed by atoms with E-state index in [0.717, 1.165) is 10.9 Å². The quantitative estimate of drug-likeness (QED) is 0.910. The van der Waals surface area contributed by atoms with Crippen LogP contribution < -0.4 is 5.32 Å². The number of carbonyl (C=O) groups excluding carboxylic acids is 1. The maximum Gasteiger partial charge on any atom is 0.244 e. The lowest BCUT2D eigenvalue weighted by Crippen LogP contribution is -2.39. The maximum absolute atomic E-state index is 11.9. The van der Waals surface area contributed by atoms with Gasteiger partial charge in [-0.3, -0.25) is 4.79 Å². The van der Waals surface area contributed by atoms with Crippen molar-refractivity contribution in [3.05, 3.63) is 30.5 Å². The van der Waals surface area contributed by atoms with Gasteiger partial charge in [-0.25, -0.2) is 9.97 Å². The Hall–Kier alpha value is -2.17. The number of benzene rings is 1. The van der Waals surface area contributed by atoms with Crippen molar-refractivity contribution in [1.82, 2.24) is 14.9 Å². The largest absolute Gasteiger partial charge is 0.344 e. The molecule has 0 fully saturated rings. The molecule has 1 heterocycles. The molecule has 19 heavy (non-hydrogen) atoms. The molecule has 1 unspecified atom stereocenters. The summed E-state index contributed by atoms with van der Waals surface area (Å²) in [5.41, 5.74) is 0.864. The second-order valence-corrected chi connectivity index (χ2v) is 4.47. The van der Waals surface area contributed by atoms with Gasteiger partial charge >= 0.3 is 0 Å². The van der Waals surface area contributed by atoms with Crippen molar-refractivity contribution in [1.29, 1.82) is 0 Å². The number of hydrogen-bond acceptors (Lipinski definition) is 4. The third-order valence-corrected chi connectivity index (χ3v) is 3.06. The van der Waals surface area contributed by atoms with E-state index in [0.29, 0.717) is 12.5 Å². The summed E-state index contributed by atoms with van der Waals surface area (Å²) in [5.74, 6) is 0.503. The van der Waals surface area contributed by atoms with Crippen molar-refractivity contribution >= 4 is 22.8 Å². The maximum atomic E-state index is 11.9. The van der Waals surface area contributed by atoms with E-state index >= 15 is 0 Å². The summed E-state index contributed by atoms with van der Waals surface area (Å²) < 4.78 is 0. The number of likely N-dealkylation sites (N-methyl/N-ethyl adjacent to an activating group) is 1. The van der Waals surface area contributed by atoms with E-state index in [1.165, 1.54) is 0 Å². The molecular formula is C14H18N4O. The third kappa shape index (κ3) is 2.99. The lowest BCUT2D eigenvalue weighted by atomic mass is 10.2. The summed E-state index contributed by atoms with van der Waals surface area (Å²) in [6.45, 7) is 4.44. The van der Waals surface area contributed by atoms with Gasteiger partial charge in [0.15, 0.2) is 0 Å². The van der Waals surface area contributed by atoms with Crippen LogP contribution >= 0.6 is 0 Å². The number of fused-ring (bicyclic) bond motifs is 1. The molecule has 1 atom stereocenters. The standard InChI is InChI=1S/C14H18N4O/c1-4-18(3)13(19)10(2)16-14-15-9-11-7-5-6-8-12(11)17-14/h5-10H,4H2,1-3H3,(H,15,16,17). The Balaban J connectivity index is 2.15. The first-order valence-electron chi connectivity index (χ1n) is 6.35. The lowest BCUT2D eigenvalue weighted by Gasteiger charge is -2.20. The Morgan fingerprint density at radius 2 is 2.16 bits per heavy atom. The molecule has 5 nitrogen and oxygen atoms in total. The fourth-order valence-corrected chi connectivity index (χ4v) is 1.78. The molecule has 1 N–H and O–H groups in total. The van der Waals surface area contributed by atoms with Gasteiger partial charge in [-0.1, -0.05) is 18.2 Å². The predicted molar refractivity (Wildman–Crippen MR) is 75.9 cm³/mol. The van der Waals surface area contributed by atoms with E-state index in [-0.39, 0.29) is 11.9 Å². The van der Waals surface area contributed by atoms with E-state index in [1.54, 1.807) is 18.1 Å². The zero-order chi connectivity index (χ0) is 13.8. The molecule has 0 aliphatic rings. The van der Waals surface area contributed by atoms with Crippen molar-refractivity contribution in [3.8, 4) is 0 Å².